The van der Waals surface area contributed by atoms with E-state index in [1.807, 2.05) is 6.07 Å². The highest BCUT2D eigenvalue weighted by molar-refractivity contribution is 7.80. The van der Waals surface area contributed by atoms with Crippen LogP contribution >= 0.6 is 12.2 Å². The number of anilines is 2. The number of benzene rings is 2. The third kappa shape index (κ3) is 5.12. The van der Waals surface area contributed by atoms with E-state index in [-0.39, 0.29) is 33.2 Å². The fraction of sp³-hybridized carbons (Fsp3) is 0.0476. The maximum atomic E-state index is 12.4. The van der Waals surface area contributed by atoms with Crippen LogP contribution in [0.1, 0.15) is 18.1 Å². The summed E-state index contributed by atoms with van der Waals surface area (Å²) in [6, 6.07) is 14.6. The van der Waals surface area contributed by atoms with Crippen molar-refractivity contribution in [2.75, 3.05) is 10.5 Å². The predicted molar refractivity (Wildman–Crippen MR) is 119 cm³/mol. The van der Waals surface area contributed by atoms with Crippen molar-refractivity contribution in [2.45, 2.75) is 6.92 Å². The molecule has 0 saturated carbocycles. The second kappa shape index (κ2) is 9.19. The number of rotatable bonds is 5. The van der Waals surface area contributed by atoms with Crippen LogP contribution in [0.2, 0.25) is 0 Å². The lowest BCUT2D eigenvalue weighted by molar-refractivity contribution is -0.116. The van der Waals surface area contributed by atoms with Crippen molar-refractivity contribution in [1.82, 2.24) is 10.2 Å². The van der Waals surface area contributed by atoms with Crippen LogP contribution in [0.25, 0.3) is 11.6 Å². The molecule has 0 radical (unpaired) electrons. The molecule has 0 aromatic heterocycles. The molecule has 1 saturated heterocycles. The zero-order valence-electron chi connectivity index (χ0n) is 16.2. The third-order valence-corrected chi connectivity index (χ3v) is 4.54. The summed E-state index contributed by atoms with van der Waals surface area (Å²) in [6.45, 7) is 1.41. The van der Waals surface area contributed by atoms with Gasteiger partial charge in [0.1, 0.15) is 11.8 Å². The Morgan fingerprint density at radius 2 is 1.90 bits per heavy atom. The first kappa shape index (κ1) is 21.7. The maximum Gasteiger partial charge on any atom is 0.274 e. The molecule has 0 unspecified atom stereocenters. The number of carbonyl (C=O) groups is 2. The summed E-state index contributed by atoms with van der Waals surface area (Å²) < 4.78 is 0. The van der Waals surface area contributed by atoms with Gasteiger partial charge in [0.15, 0.2) is 5.11 Å². The van der Waals surface area contributed by atoms with E-state index in [0.29, 0.717) is 16.8 Å². The zero-order valence-corrected chi connectivity index (χ0v) is 17.0. The normalized spacial score (nSPS) is 15.0. The largest absolute Gasteiger partial charge is 0.733 e. The molecule has 0 spiro atoms. The molecule has 2 amide bonds. The summed E-state index contributed by atoms with van der Waals surface area (Å²) in [5, 5.41) is 34.5. The Labute approximate surface area is 183 Å². The Balaban J connectivity index is 1.93. The van der Waals surface area contributed by atoms with Gasteiger partial charge in [0.05, 0.1) is 11.3 Å². The van der Waals surface area contributed by atoms with Gasteiger partial charge in [-0.15, -0.1) is 0 Å². The van der Waals surface area contributed by atoms with Crippen molar-refractivity contribution < 1.29 is 14.8 Å². The zero-order chi connectivity index (χ0) is 22.5. The first-order valence-corrected chi connectivity index (χ1v) is 9.31. The fourth-order valence-electron chi connectivity index (χ4n) is 2.79. The molecule has 1 fully saturated rings. The van der Waals surface area contributed by atoms with E-state index in [9.17, 15) is 20.1 Å². The molecule has 2 aromatic rings. The van der Waals surface area contributed by atoms with Gasteiger partial charge in [0.2, 0.25) is 5.91 Å². The molecule has 1 heterocycles. The van der Waals surface area contributed by atoms with Crippen LogP contribution in [0, 0.1) is 16.5 Å². The molecule has 1 aliphatic heterocycles. The summed E-state index contributed by atoms with van der Waals surface area (Å²) in [6.07, 6.45) is 3.02. The second-order valence-corrected chi connectivity index (χ2v) is 6.82. The lowest BCUT2D eigenvalue weighted by Crippen LogP contribution is -2.23. The summed E-state index contributed by atoms with van der Waals surface area (Å²) >= 11 is 5.22. The number of nitrogens with one attached hydrogen (secondary N) is 2. The lowest BCUT2D eigenvalue weighted by atomic mass is 10.1. The summed E-state index contributed by atoms with van der Waals surface area (Å²) in [4.78, 5) is 24.9. The minimum Gasteiger partial charge on any atom is -0.733 e. The molecule has 0 bridgehead atoms. The highest BCUT2D eigenvalue weighted by Gasteiger charge is 2.29. The Morgan fingerprint density at radius 1 is 1.26 bits per heavy atom. The molecular formula is C21H16N5O4S-. The molecule has 0 atom stereocenters. The van der Waals surface area contributed by atoms with Crippen molar-refractivity contribution in [2.24, 2.45) is 0 Å². The number of amides is 2. The van der Waals surface area contributed by atoms with Crippen molar-refractivity contribution >= 4 is 52.2 Å². The molecule has 156 valence electrons. The smallest absolute Gasteiger partial charge is 0.274 e. The first-order valence-electron chi connectivity index (χ1n) is 8.91. The summed E-state index contributed by atoms with van der Waals surface area (Å²) in [5.74, 6) is -0.621. The van der Waals surface area contributed by atoms with E-state index < -0.39 is 5.91 Å². The van der Waals surface area contributed by atoms with Gasteiger partial charge in [-0.2, -0.15) is 5.26 Å². The Kier molecular flexibility index (Phi) is 6.42. The van der Waals surface area contributed by atoms with Gasteiger partial charge in [-0.3, -0.25) is 25.0 Å². The van der Waals surface area contributed by atoms with Crippen LogP contribution < -0.4 is 15.9 Å². The minimum absolute atomic E-state index is 0.0119. The van der Waals surface area contributed by atoms with Gasteiger partial charge in [-0.1, -0.05) is 24.3 Å². The van der Waals surface area contributed by atoms with Gasteiger partial charge in [-0.25, -0.2) is 0 Å². The van der Waals surface area contributed by atoms with E-state index in [1.165, 1.54) is 42.3 Å². The van der Waals surface area contributed by atoms with Crippen molar-refractivity contribution in [1.29, 1.82) is 5.26 Å². The van der Waals surface area contributed by atoms with E-state index >= 15 is 0 Å². The van der Waals surface area contributed by atoms with Crippen LogP contribution in [-0.2, 0) is 9.59 Å². The fourth-order valence-corrected chi connectivity index (χ4v) is 3.04. The minimum atomic E-state index is -0.429. The van der Waals surface area contributed by atoms with E-state index in [2.05, 4.69) is 10.6 Å². The number of hydrogen-bond donors (Lipinski definition) is 3. The number of allylic oxidation sites excluding steroid dienone is 1. The number of nitriles is 1. The molecular weight excluding hydrogens is 418 g/mol. The average Bonchev–Trinajstić information content (AvgIpc) is 2.99. The Bertz CT molecular complexity index is 1130. The van der Waals surface area contributed by atoms with E-state index in [4.69, 9.17) is 17.4 Å². The molecule has 3 rings (SSSR count). The number of hydrogen-bond acceptors (Lipinski definition) is 7. The standard InChI is InChI=1S/C21H16N5O4S/c1-13(27)23-17-6-2-14(3-7-17)10-19-20(28)24-21(31)25(19)12-16(11-22)15-4-8-18(9-5-15)26(29)30/h2-10,12,29H,1H3,(H,23,27)(H,24,28,31)/q-1/b16-12+,19-10+. The van der Waals surface area contributed by atoms with Gasteiger partial charge < -0.3 is 15.8 Å². The third-order valence-electron chi connectivity index (χ3n) is 4.24. The van der Waals surface area contributed by atoms with Crippen LogP contribution in [0.5, 0.6) is 0 Å². The molecule has 9 nitrogen and oxygen atoms in total. The monoisotopic (exact) mass is 434 g/mol. The van der Waals surface area contributed by atoms with Gasteiger partial charge in [0, 0.05) is 18.8 Å². The number of thiocarbonyl (C=S) groups is 1. The first-order chi connectivity index (χ1) is 14.8. The maximum absolute atomic E-state index is 12.4. The SMILES string of the molecule is CC(=O)Nc1ccc(/C=C2\C(=O)NC(=S)N2/C=C(\C#N)c2ccc(N([O-])O)cc2)cc1. The number of carbonyl (C=O) groups excluding carboxylic acids is 2. The van der Waals surface area contributed by atoms with Crippen molar-refractivity contribution in [3.05, 3.63) is 76.8 Å². The van der Waals surface area contributed by atoms with E-state index in [0.717, 1.165) is 0 Å². The van der Waals surface area contributed by atoms with Crippen LogP contribution in [-0.4, -0.2) is 27.0 Å². The highest BCUT2D eigenvalue weighted by atomic mass is 32.1. The van der Waals surface area contributed by atoms with E-state index in [1.54, 1.807) is 30.3 Å². The van der Waals surface area contributed by atoms with Crippen molar-refractivity contribution in [3.63, 3.8) is 0 Å². The average molecular weight is 434 g/mol. The molecule has 31 heavy (non-hydrogen) atoms. The van der Waals surface area contributed by atoms with Crippen LogP contribution in [0.15, 0.2) is 60.4 Å². The number of nitrogens with zero attached hydrogens (tertiary/aromatic N) is 3. The second-order valence-electron chi connectivity index (χ2n) is 6.44. The highest BCUT2D eigenvalue weighted by Crippen LogP contribution is 2.24. The molecule has 10 heteroatoms. The topological polar surface area (TPSA) is 132 Å². The summed E-state index contributed by atoms with van der Waals surface area (Å²) in [7, 11) is 0. The molecule has 1 aliphatic rings. The molecule has 2 aromatic carbocycles. The van der Waals surface area contributed by atoms with Gasteiger partial charge in [0.25, 0.3) is 5.91 Å². The molecule has 0 aliphatic carbocycles. The van der Waals surface area contributed by atoms with Crippen LogP contribution in [0.3, 0.4) is 0 Å². The Morgan fingerprint density at radius 3 is 2.45 bits per heavy atom. The van der Waals surface area contributed by atoms with Crippen molar-refractivity contribution in [3.8, 4) is 6.07 Å². The van der Waals surface area contributed by atoms with Gasteiger partial charge >= 0.3 is 0 Å². The Hall–Kier alpha value is -4.04. The quantitative estimate of drug-likeness (QED) is 0.283. The summed E-state index contributed by atoms with van der Waals surface area (Å²) in [5.41, 5.74) is 2.18. The molecule has 3 N–H and O–H groups in total. The van der Waals surface area contributed by atoms with Gasteiger partial charge in [-0.05, 0) is 53.7 Å². The lowest BCUT2D eigenvalue weighted by Gasteiger charge is -2.21. The van der Waals surface area contributed by atoms with Crippen LogP contribution in [0.4, 0.5) is 11.4 Å². The predicted octanol–water partition coefficient (Wildman–Crippen LogP) is 2.96.